The zero-order chi connectivity index (χ0) is 21.0. The number of nitrogens with one attached hydrogen (secondary N) is 1. The number of amides is 2. The number of benzene rings is 2. The van der Waals surface area contributed by atoms with Crippen LogP contribution in [-0.4, -0.2) is 30.5 Å². The summed E-state index contributed by atoms with van der Waals surface area (Å²) < 4.78 is 10.5. The quantitative estimate of drug-likeness (QED) is 0.590. The van der Waals surface area contributed by atoms with E-state index in [4.69, 9.17) is 26.8 Å². The van der Waals surface area contributed by atoms with Gasteiger partial charge in [0.25, 0.3) is 11.8 Å². The summed E-state index contributed by atoms with van der Waals surface area (Å²) in [5.74, 6) is -0.667. The Kier molecular flexibility index (Phi) is 6.36. The Hall–Kier alpha value is -3.10. The number of nitrogens with zero attached hydrogens (tertiary/aromatic N) is 1. The Morgan fingerprint density at radius 3 is 2.72 bits per heavy atom. The molecule has 3 rings (SSSR count). The molecular weight excluding hydrogens is 414 g/mol. The van der Waals surface area contributed by atoms with Crippen molar-refractivity contribution in [3.8, 4) is 22.8 Å². The molecule has 0 bridgehead atoms. The zero-order valence-corrected chi connectivity index (χ0v) is 17.3. The molecule has 2 amide bonds. The summed E-state index contributed by atoms with van der Waals surface area (Å²) >= 11 is 7.77. The molecule has 0 aliphatic heterocycles. The highest BCUT2D eigenvalue weighted by Gasteiger charge is 2.17. The molecule has 150 valence electrons. The molecule has 0 aliphatic carbocycles. The molecule has 0 radical (unpaired) electrons. The highest BCUT2D eigenvalue weighted by atomic mass is 35.5. The molecule has 9 heteroatoms. The van der Waals surface area contributed by atoms with Gasteiger partial charge in [0.05, 0.1) is 22.8 Å². The molecule has 0 saturated carbocycles. The minimum atomic E-state index is -0.653. The van der Waals surface area contributed by atoms with E-state index in [1.807, 2.05) is 30.5 Å². The minimum Gasteiger partial charge on any atom is -0.493 e. The molecule has 1 aromatic heterocycles. The van der Waals surface area contributed by atoms with Gasteiger partial charge in [-0.15, -0.1) is 11.3 Å². The number of nitrogens with two attached hydrogens (primary N) is 1. The van der Waals surface area contributed by atoms with E-state index >= 15 is 0 Å². The molecule has 0 unspecified atom stereocenters. The van der Waals surface area contributed by atoms with Crippen LogP contribution in [-0.2, 0) is 4.79 Å². The van der Waals surface area contributed by atoms with Gasteiger partial charge >= 0.3 is 0 Å². The molecule has 0 spiro atoms. The maximum atomic E-state index is 12.7. The first-order valence-corrected chi connectivity index (χ1v) is 9.75. The Morgan fingerprint density at radius 2 is 2.07 bits per heavy atom. The Balaban J connectivity index is 1.82. The summed E-state index contributed by atoms with van der Waals surface area (Å²) in [6.07, 6.45) is 0. The van der Waals surface area contributed by atoms with Crippen LogP contribution in [0, 0.1) is 6.92 Å². The second kappa shape index (κ2) is 8.93. The third-order valence-corrected chi connectivity index (χ3v) is 4.94. The van der Waals surface area contributed by atoms with Gasteiger partial charge in [0, 0.05) is 22.2 Å². The van der Waals surface area contributed by atoms with E-state index in [1.54, 1.807) is 17.4 Å². The summed E-state index contributed by atoms with van der Waals surface area (Å²) in [5.41, 5.74) is 7.72. The van der Waals surface area contributed by atoms with E-state index in [9.17, 15) is 9.59 Å². The van der Waals surface area contributed by atoms with Gasteiger partial charge in [-0.05, 0) is 31.2 Å². The topological polar surface area (TPSA) is 104 Å². The van der Waals surface area contributed by atoms with E-state index in [-0.39, 0.29) is 34.6 Å². The van der Waals surface area contributed by atoms with Crippen LogP contribution in [0.5, 0.6) is 11.5 Å². The van der Waals surface area contributed by atoms with Crippen molar-refractivity contribution in [2.24, 2.45) is 5.73 Å². The fourth-order valence-electron chi connectivity index (χ4n) is 2.59. The van der Waals surface area contributed by atoms with Gasteiger partial charge in [0.2, 0.25) is 0 Å². The van der Waals surface area contributed by atoms with Crippen LogP contribution in [0.2, 0.25) is 5.02 Å². The molecule has 3 aromatic rings. The molecular formula is C20H18ClN3O4S. The number of thiazole rings is 1. The van der Waals surface area contributed by atoms with Crippen molar-refractivity contribution >= 4 is 40.4 Å². The van der Waals surface area contributed by atoms with Gasteiger partial charge in [-0.2, -0.15) is 0 Å². The number of anilines is 1. The van der Waals surface area contributed by atoms with Crippen molar-refractivity contribution in [2.45, 2.75) is 6.92 Å². The van der Waals surface area contributed by atoms with Crippen molar-refractivity contribution in [3.05, 3.63) is 57.4 Å². The maximum Gasteiger partial charge on any atom is 0.255 e. The summed E-state index contributed by atoms with van der Waals surface area (Å²) in [5, 5.41) is 5.89. The molecule has 0 saturated heterocycles. The van der Waals surface area contributed by atoms with Crippen LogP contribution in [0.25, 0.3) is 11.3 Å². The number of carbonyl (C=O) groups excluding carboxylic acids is 2. The smallest absolute Gasteiger partial charge is 0.255 e. The molecule has 0 fully saturated rings. The number of rotatable bonds is 7. The lowest BCUT2D eigenvalue weighted by Gasteiger charge is -2.13. The van der Waals surface area contributed by atoms with Crippen LogP contribution < -0.4 is 20.5 Å². The number of halogens is 1. The Bertz CT molecular complexity index is 1070. The Morgan fingerprint density at radius 1 is 1.28 bits per heavy atom. The Labute approximate surface area is 176 Å². The van der Waals surface area contributed by atoms with Crippen molar-refractivity contribution < 1.29 is 19.1 Å². The van der Waals surface area contributed by atoms with Gasteiger partial charge in [0.15, 0.2) is 18.1 Å². The second-order valence-corrected chi connectivity index (χ2v) is 7.50. The summed E-state index contributed by atoms with van der Waals surface area (Å²) in [6.45, 7) is 1.58. The molecule has 0 aliphatic rings. The third-order valence-electron chi connectivity index (χ3n) is 3.89. The van der Waals surface area contributed by atoms with Gasteiger partial charge in [-0.1, -0.05) is 23.7 Å². The average Bonchev–Trinajstić information content (AvgIpc) is 3.13. The van der Waals surface area contributed by atoms with Crippen molar-refractivity contribution in [1.82, 2.24) is 4.98 Å². The fraction of sp³-hybridized carbons (Fsp3) is 0.150. The molecule has 29 heavy (non-hydrogen) atoms. The number of hydrogen-bond donors (Lipinski definition) is 2. The van der Waals surface area contributed by atoms with Crippen molar-refractivity contribution in [1.29, 1.82) is 0 Å². The lowest BCUT2D eigenvalue weighted by Crippen LogP contribution is -2.20. The number of methoxy groups -OCH3 is 1. The molecule has 0 atom stereocenters. The zero-order valence-electron chi connectivity index (χ0n) is 15.7. The third kappa shape index (κ3) is 5.04. The van der Waals surface area contributed by atoms with Crippen LogP contribution in [0.1, 0.15) is 15.4 Å². The molecule has 3 N–H and O–H groups in total. The largest absolute Gasteiger partial charge is 0.493 e. The number of aromatic nitrogens is 1. The van der Waals surface area contributed by atoms with Crippen LogP contribution in [0.15, 0.2) is 41.8 Å². The average molecular weight is 432 g/mol. The predicted molar refractivity (Wildman–Crippen MR) is 113 cm³/mol. The van der Waals surface area contributed by atoms with Gasteiger partial charge in [-0.3, -0.25) is 9.59 Å². The van der Waals surface area contributed by atoms with Crippen LogP contribution in [0.4, 0.5) is 5.69 Å². The number of ether oxygens (including phenoxy) is 2. The SMILES string of the molecule is COc1cc(C(=O)Nc2cccc(-c3csc(C)n3)c2)cc(Cl)c1OCC(N)=O. The summed E-state index contributed by atoms with van der Waals surface area (Å²) in [4.78, 5) is 28.1. The first kappa shape index (κ1) is 20.6. The predicted octanol–water partition coefficient (Wildman–Crippen LogP) is 3.90. The van der Waals surface area contributed by atoms with E-state index < -0.39 is 5.91 Å². The lowest BCUT2D eigenvalue weighted by atomic mass is 10.1. The number of carbonyl (C=O) groups is 2. The molecule has 1 heterocycles. The number of hydrogen-bond acceptors (Lipinski definition) is 6. The highest BCUT2D eigenvalue weighted by molar-refractivity contribution is 7.09. The van der Waals surface area contributed by atoms with E-state index in [0.717, 1.165) is 16.3 Å². The summed E-state index contributed by atoms with van der Waals surface area (Å²) in [6, 6.07) is 10.3. The minimum absolute atomic E-state index is 0.127. The first-order chi connectivity index (χ1) is 13.9. The van der Waals surface area contributed by atoms with E-state index in [0.29, 0.717) is 5.69 Å². The lowest BCUT2D eigenvalue weighted by molar-refractivity contribution is -0.119. The monoisotopic (exact) mass is 431 g/mol. The number of primary amides is 1. The highest BCUT2D eigenvalue weighted by Crippen LogP contribution is 2.36. The van der Waals surface area contributed by atoms with E-state index in [1.165, 1.54) is 19.2 Å². The maximum absolute atomic E-state index is 12.7. The van der Waals surface area contributed by atoms with Gasteiger partial charge < -0.3 is 20.5 Å². The van der Waals surface area contributed by atoms with E-state index in [2.05, 4.69) is 10.3 Å². The van der Waals surface area contributed by atoms with Crippen molar-refractivity contribution in [2.75, 3.05) is 19.0 Å². The fourth-order valence-corrected chi connectivity index (χ4v) is 3.48. The van der Waals surface area contributed by atoms with Gasteiger partial charge in [-0.25, -0.2) is 4.98 Å². The second-order valence-electron chi connectivity index (χ2n) is 6.03. The van der Waals surface area contributed by atoms with Crippen molar-refractivity contribution in [3.63, 3.8) is 0 Å². The van der Waals surface area contributed by atoms with Gasteiger partial charge in [0.1, 0.15) is 0 Å². The van der Waals surface area contributed by atoms with Crippen LogP contribution >= 0.6 is 22.9 Å². The molecule has 2 aromatic carbocycles. The van der Waals surface area contributed by atoms with Crippen LogP contribution in [0.3, 0.4) is 0 Å². The standard InChI is InChI=1S/C20H18ClN3O4S/c1-11-23-16(10-29-11)12-4-3-5-14(6-12)24-20(26)13-7-15(21)19(17(8-13)27-2)28-9-18(22)25/h3-8,10H,9H2,1-2H3,(H2,22,25)(H,24,26). The number of aryl methyl sites for hydroxylation is 1. The molecule has 7 nitrogen and oxygen atoms in total. The first-order valence-electron chi connectivity index (χ1n) is 8.50. The summed E-state index contributed by atoms with van der Waals surface area (Å²) in [7, 11) is 1.41. The normalized spacial score (nSPS) is 10.4.